The molecule has 0 spiro atoms. The third-order valence-electron chi connectivity index (χ3n) is 7.96. The van der Waals surface area contributed by atoms with Crippen molar-refractivity contribution in [3.8, 4) is 5.75 Å². The monoisotopic (exact) mass is 656 g/mol. The third kappa shape index (κ3) is 6.75. The summed E-state index contributed by atoms with van der Waals surface area (Å²) in [5.74, 6) is -0.930. The summed E-state index contributed by atoms with van der Waals surface area (Å²) in [5, 5.41) is 11.9. The second-order valence-corrected chi connectivity index (χ2v) is 12.9. The van der Waals surface area contributed by atoms with E-state index in [9.17, 15) is 40.5 Å². The Morgan fingerprint density at radius 2 is 1.62 bits per heavy atom. The van der Waals surface area contributed by atoms with Crippen LogP contribution in [0.2, 0.25) is 0 Å². The van der Waals surface area contributed by atoms with Gasteiger partial charge in [0.1, 0.15) is 15.7 Å². The average Bonchev–Trinajstić information content (AvgIpc) is 3.14. The van der Waals surface area contributed by atoms with Gasteiger partial charge in [-0.05, 0) is 66.4 Å². The molecule has 1 fully saturated rings. The number of nitrogens with zero attached hydrogens (tertiary/aromatic N) is 3. The number of aliphatic hydroxyl groups is 1. The normalized spacial score (nSPS) is 21.7. The van der Waals surface area contributed by atoms with E-state index in [2.05, 4.69) is 13.8 Å². The summed E-state index contributed by atoms with van der Waals surface area (Å²) in [7, 11) is -2.36. The van der Waals surface area contributed by atoms with Crippen LogP contribution < -0.4 is 14.4 Å². The van der Waals surface area contributed by atoms with Crippen LogP contribution in [-0.4, -0.2) is 64.8 Å². The van der Waals surface area contributed by atoms with E-state index in [0.717, 1.165) is 35.9 Å². The highest BCUT2D eigenvalue weighted by Gasteiger charge is 2.44. The van der Waals surface area contributed by atoms with E-state index in [0.29, 0.717) is 12.1 Å². The number of aliphatic hydroxyl groups excluding tert-OH is 1. The van der Waals surface area contributed by atoms with E-state index >= 15 is 0 Å². The lowest BCUT2D eigenvalue weighted by Crippen LogP contribution is -2.65. The molecule has 2 heterocycles. The number of halogens is 6. The van der Waals surface area contributed by atoms with Gasteiger partial charge in [0, 0.05) is 38.4 Å². The molecule has 0 saturated carbocycles. The summed E-state index contributed by atoms with van der Waals surface area (Å²) < 4.78 is 105. The number of hydrogen-bond acceptors (Lipinski definition) is 6. The van der Waals surface area contributed by atoms with Crippen molar-refractivity contribution in [1.29, 1.82) is 0 Å². The van der Waals surface area contributed by atoms with Gasteiger partial charge in [-0.3, -0.25) is 4.79 Å². The number of carbonyl (C=O) groups is 1. The van der Waals surface area contributed by atoms with Crippen molar-refractivity contribution in [2.24, 2.45) is 4.36 Å². The number of ether oxygens (including phenoxy) is 1. The number of anilines is 2. The molecule has 0 aromatic heterocycles. The maximum Gasteiger partial charge on any atom is 0.573 e. The van der Waals surface area contributed by atoms with Gasteiger partial charge in [-0.15, -0.1) is 13.2 Å². The lowest BCUT2D eigenvalue weighted by Gasteiger charge is -2.47. The van der Waals surface area contributed by atoms with E-state index in [1.165, 1.54) is 24.9 Å². The summed E-state index contributed by atoms with van der Waals surface area (Å²) in [5.41, 5.74) is 0.777. The van der Waals surface area contributed by atoms with Crippen molar-refractivity contribution >= 4 is 27.2 Å². The Labute approximate surface area is 255 Å². The minimum atomic E-state index is -4.93. The summed E-state index contributed by atoms with van der Waals surface area (Å²) in [6, 6.07) is 13.0. The molecule has 4 atom stereocenters. The van der Waals surface area contributed by atoms with Crippen molar-refractivity contribution in [3.63, 3.8) is 0 Å². The van der Waals surface area contributed by atoms with E-state index in [-0.39, 0.29) is 41.6 Å². The first-order chi connectivity index (χ1) is 21.1. The van der Waals surface area contributed by atoms with Crippen LogP contribution in [0.25, 0.3) is 0 Å². The quantitative estimate of drug-likeness (QED) is 0.356. The van der Waals surface area contributed by atoms with Gasteiger partial charge in [-0.25, -0.2) is 13.3 Å². The smallest absolute Gasteiger partial charge is 0.406 e. The summed E-state index contributed by atoms with van der Waals surface area (Å²) in [6.45, 7) is 1.12. The number of hydrogen-bond donors (Lipinski definition) is 2. The zero-order chi connectivity index (χ0) is 32.7. The van der Waals surface area contributed by atoms with Crippen LogP contribution in [0.3, 0.4) is 0 Å². The molecular weight excluding hydrogens is 626 g/mol. The summed E-state index contributed by atoms with van der Waals surface area (Å²) in [4.78, 5) is 15.7. The van der Waals surface area contributed by atoms with Gasteiger partial charge in [0.05, 0.1) is 28.6 Å². The largest absolute Gasteiger partial charge is 0.573 e. The van der Waals surface area contributed by atoms with E-state index < -0.39 is 52.0 Å². The molecule has 0 aliphatic carbocycles. The average molecular weight is 657 g/mol. The lowest BCUT2D eigenvalue weighted by atomic mass is 9.93. The second kappa shape index (κ2) is 12.2. The van der Waals surface area contributed by atoms with Crippen molar-refractivity contribution in [2.45, 2.75) is 55.4 Å². The highest BCUT2D eigenvalue weighted by Crippen LogP contribution is 2.44. The second-order valence-electron chi connectivity index (χ2n) is 10.7. The molecule has 1 amide bonds. The predicted molar refractivity (Wildman–Crippen MR) is 154 cm³/mol. The topological polar surface area (TPSA) is 94.5 Å². The standard InChI is InChI=1S/C30H30F6N4O4S/c1-18(41)39-16-24(38-45(43,37-2)21-13-11-20(12-14-21)44-30(34,35)36)28(42)27(17-39)40-25-8-4-3-6-19(25)10-15-22-23(29(31,32)33)7-5-9-26(22)40/h3-9,11-14,24,27-28,42H,10,15-17H2,1-2H3,(H,37,38,43). The molecule has 5 rings (SSSR count). The van der Waals surface area contributed by atoms with Crippen LogP contribution in [0.15, 0.2) is 76.0 Å². The minimum Gasteiger partial charge on any atom is -0.406 e. The Hall–Kier alpha value is -3.82. The Morgan fingerprint density at radius 3 is 2.24 bits per heavy atom. The Bertz CT molecular complexity index is 1690. The molecule has 2 aliphatic heterocycles. The maximum atomic E-state index is 14.2. The van der Waals surface area contributed by atoms with Crippen molar-refractivity contribution in [3.05, 3.63) is 83.4 Å². The highest BCUT2D eigenvalue weighted by atomic mass is 32.2. The number of alkyl halides is 6. The molecule has 242 valence electrons. The van der Waals surface area contributed by atoms with Gasteiger partial charge in [0.2, 0.25) is 5.91 Å². The molecule has 1 saturated heterocycles. The molecule has 8 nitrogen and oxygen atoms in total. The Morgan fingerprint density at radius 1 is 0.956 bits per heavy atom. The molecule has 0 radical (unpaired) electrons. The number of para-hydroxylation sites is 1. The van der Waals surface area contributed by atoms with Gasteiger partial charge in [0.25, 0.3) is 0 Å². The molecular formula is C30H30F6N4O4S. The predicted octanol–water partition coefficient (Wildman–Crippen LogP) is 5.46. The van der Waals surface area contributed by atoms with Crippen LogP contribution in [0.1, 0.15) is 23.6 Å². The van der Waals surface area contributed by atoms with E-state index in [4.69, 9.17) is 0 Å². The molecule has 0 bridgehead atoms. The Balaban J connectivity index is 1.57. The molecule has 3 aromatic carbocycles. The molecule has 2 N–H and O–H groups in total. The highest BCUT2D eigenvalue weighted by molar-refractivity contribution is 7.91. The lowest BCUT2D eigenvalue weighted by molar-refractivity contribution is -0.274. The van der Waals surface area contributed by atoms with Crippen LogP contribution in [0, 0.1) is 0 Å². The van der Waals surface area contributed by atoms with Gasteiger partial charge in [-0.2, -0.15) is 13.2 Å². The maximum absolute atomic E-state index is 14.2. The molecule has 3 aromatic rings. The van der Waals surface area contributed by atoms with Gasteiger partial charge in [0.15, 0.2) is 0 Å². The number of fused-ring (bicyclic) bond motifs is 2. The van der Waals surface area contributed by atoms with Crippen LogP contribution in [0.4, 0.5) is 37.7 Å². The molecule has 15 heteroatoms. The number of piperidine rings is 1. The first-order valence-corrected chi connectivity index (χ1v) is 15.4. The van der Waals surface area contributed by atoms with Gasteiger partial charge in [-0.1, -0.05) is 24.3 Å². The zero-order valence-corrected chi connectivity index (χ0v) is 24.9. The Kier molecular flexibility index (Phi) is 8.81. The van der Waals surface area contributed by atoms with Gasteiger partial charge >= 0.3 is 12.5 Å². The fraction of sp³-hybridized carbons (Fsp3) is 0.367. The fourth-order valence-corrected chi connectivity index (χ4v) is 7.49. The van der Waals surface area contributed by atoms with E-state index in [1.807, 2.05) is 0 Å². The number of nitrogens with one attached hydrogen (secondary N) is 1. The number of aryl methyl sites for hydroxylation is 1. The van der Waals surface area contributed by atoms with Crippen molar-refractivity contribution in [1.82, 2.24) is 9.62 Å². The number of benzene rings is 3. The fourth-order valence-electron chi connectivity index (χ4n) is 5.91. The first kappa shape index (κ1) is 32.6. The van der Waals surface area contributed by atoms with Crippen LogP contribution >= 0.6 is 0 Å². The number of rotatable bonds is 5. The first-order valence-electron chi connectivity index (χ1n) is 13.9. The number of likely N-dealkylation sites (tertiary alicyclic amines) is 1. The molecule has 45 heavy (non-hydrogen) atoms. The van der Waals surface area contributed by atoms with Crippen LogP contribution in [-0.2, 0) is 33.7 Å². The number of amides is 1. The van der Waals surface area contributed by atoms with Crippen molar-refractivity contribution < 1.29 is 45.2 Å². The van der Waals surface area contributed by atoms with Crippen molar-refractivity contribution in [2.75, 3.05) is 25.0 Å². The number of carbonyl (C=O) groups excluding carboxylic acids is 1. The summed E-state index contributed by atoms with van der Waals surface area (Å²) in [6.07, 6.45) is -10.6. The third-order valence-corrected chi connectivity index (χ3v) is 10.0. The van der Waals surface area contributed by atoms with Crippen LogP contribution in [0.5, 0.6) is 5.75 Å². The van der Waals surface area contributed by atoms with Gasteiger partial charge < -0.3 is 19.6 Å². The molecule has 2 aliphatic rings. The summed E-state index contributed by atoms with van der Waals surface area (Å²) >= 11 is 0. The van der Waals surface area contributed by atoms with E-state index in [1.54, 1.807) is 35.2 Å². The SMILES string of the molecule is CN=S(=O)(NC1CN(C(C)=O)CC(N2c3ccccc3CCc3c2cccc3C(F)(F)F)C1O)c1ccc(OC(F)(F)F)cc1. The zero-order valence-electron chi connectivity index (χ0n) is 24.1. The molecule has 4 unspecified atom stereocenters. The minimum absolute atomic E-state index is 0.0106.